The summed E-state index contributed by atoms with van der Waals surface area (Å²) in [5.74, 6) is 7.66. The zero-order valence-electron chi connectivity index (χ0n) is 48.2. The molecule has 0 amide bonds. The second-order valence-electron chi connectivity index (χ2n) is 26.7. The Morgan fingerprint density at radius 2 is 0.987 bits per heavy atom. The fraction of sp³-hybridized carbons (Fsp3) is 0.264. The van der Waals surface area contributed by atoms with Crippen LogP contribution in [0.3, 0.4) is 0 Å². The van der Waals surface area contributed by atoms with Gasteiger partial charge in [0.05, 0.1) is 0 Å². The van der Waals surface area contributed by atoms with Gasteiger partial charge in [0.25, 0.3) is 0 Å². The zero-order chi connectivity index (χ0) is 54.8. The molecule has 0 unspecified atom stereocenters. The van der Waals surface area contributed by atoms with Crippen molar-refractivity contribution in [3.8, 4) is 50.7 Å². The van der Waals surface area contributed by atoms with Gasteiger partial charge in [0.15, 0.2) is 0 Å². The van der Waals surface area contributed by atoms with Gasteiger partial charge in [-0.1, -0.05) is 135 Å². The molecular weight excluding hydrogens is 1010 g/mol. The molecule has 2 aromatic heterocycles. The summed E-state index contributed by atoms with van der Waals surface area (Å²) in [6.45, 7) is 28.5. The van der Waals surface area contributed by atoms with Gasteiger partial charge in [-0.05, 0) is 67.3 Å². The van der Waals surface area contributed by atoms with Crippen LogP contribution in [-0.4, -0.2) is 29.5 Å². The molecule has 4 heterocycles. The Hall–Kier alpha value is -7.35. The average Bonchev–Trinajstić information content (AvgIpc) is 3.47. The van der Waals surface area contributed by atoms with E-state index < -0.39 is 13.3 Å². The maximum absolute atomic E-state index is 7.15. The molecule has 5 nitrogen and oxygen atoms in total. The molecule has 2 aliphatic heterocycles. The number of fused-ring (bicyclic) bond motifs is 1. The number of pyridine rings is 1. The van der Waals surface area contributed by atoms with Crippen molar-refractivity contribution in [2.24, 2.45) is 0 Å². The molecule has 0 saturated heterocycles. The molecule has 0 aliphatic carbocycles. The van der Waals surface area contributed by atoms with Crippen molar-refractivity contribution < 1.29 is 4.74 Å². The van der Waals surface area contributed by atoms with Crippen molar-refractivity contribution in [3.63, 3.8) is 0 Å². The number of hydrogen-bond acceptors (Lipinski definition) is 4. The van der Waals surface area contributed by atoms with Gasteiger partial charge >= 0.3 is 266 Å². The summed E-state index contributed by atoms with van der Waals surface area (Å²) in [7, 11) is 0. The van der Waals surface area contributed by atoms with E-state index in [-0.39, 0.29) is 21.7 Å². The van der Waals surface area contributed by atoms with Crippen LogP contribution >= 0.6 is 0 Å². The van der Waals surface area contributed by atoms with E-state index in [4.69, 9.17) is 9.72 Å². The number of anilines is 4. The molecule has 0 atom stereocenters. The molecule has 392 valence electrons. The summed E-state index contributed by atoms with van der Waals surface area (Å²) in [5, 5.41) is 2.76. The fourth-order valence-electron chi connectivity index (χ4n) is 12.0. The van der Waals surface area contributed by atoms with Gasteiger partial charge < -0.3 is 0 Å². The Morgan fingerprint density at radius 3 is 1.64 bits per heavy atom. The molecule has 8 aromatic carbocycles. The van der Waals surface area contributed by atoms with Crippen molar-refractivity contribution in [3.05, 3.63) is 204 Å². The standard InChI is InChI=1S/C72H74GeN4O/c1-69(2,3)50-34-35-74-65(41-50)77-63-29-21-26-59-66(63)67-60(73(59,13)14)43-56(44-64(67)77)78-55-25-20-24-54(42-55)75-45-76(62-28-19-18-27-61(62)75)68-57(48-32-30-47(31-33-48)46-22-16-15-17-23-46)39-53(72(10,11)12)40-58(68)49-36-51(70(4,5)6)38-52(37-49)71(7,8)9/h15-44H,45H2,1-14H3. The monoisotopic (exact) mass is 1080 g/mol. The summed E-state index contributed by atoms with van der Waals surface area (Å²) >= 11 is -2.71. The molecule has 0 saturated carbocycles. The normalized spacial score (nSPS) is 14.3. The second kappa shape index (κ2) is 18.4. The van der Waals surface area contributed by atoms with Crippen LogP contribution in [0.25, 0.3) is 61.0 Å². The van der Waals surface area contributed by atoms with Gasteiger partial charge in [0.2, 0.25) is 0 Å². The Labute approximate surface area is 465 Å². The quantitative estimate of drug-likeness (QED) is 0.142. The summed E-state index contributed by atoms with van der Waals surface area (Å²) in [6.07, 6.45) is 1.97. The Kier molecular flexibility index (Phi) is 12.1. The van der Waals surface area contributed by atoms with Gasteiger partial charge in [-0.15, -0.1) is 0 Å². The molecule has 12 rings (SSSR count). The maximum atomic E-state index is 7.15. The molecule has 2 aliphatic rings. The van der Waals surface area contributed by atoms with E-state index in [1.807, 2.05) is 6.20 Å². The second-order valence-corrected chi connectivity index (χ2v) is 35.8. The van der Waals surface area contributed by atoms with Crippen LogP contribution in [0.1, 0.15) is 105 Å². The number of rotatable bonds is 8. The Morgan fingerprint density at radius 1 is 0.423 bits per heavy atom. The molecule has 0 bridgehead atoms. The summed E-state index contributed by atoms with van der Waals surface area (Å²) in [6, 6.07) is 65.9. The first kappa shape index (κ1) is 51.4. The number of aromatic nitrogens is 2. The van der Waals surface area contributed by atoms with Gasteiger partial charge in [-0.25, -0.2) is 0 Å². The number of benzene rings is 8. The fourth-order valence-corrected chi connectivity index (χ4v) is 18.5. The first-order valence-electron chi connectivity index (χ1n) is 28.0. The largest absolute Gasteiger partial charge is 0.0561 e. The predicted molar refractivity (Wildman–Crippen MR) is 335 cm³/mol. The van der Waals surface area contributed by atoms with Gasteiger partial charge in [0.1, 0.15) is 0 Å². The maximum Gasteiger partial charge on any atom is -0.0132 e. The van der Waals surface area contributed by atoms with Crippen LogP contribution < -0.4 is 23.3 Å². The van der Waals surface area contributed by atoms with Crippen LogP contribution in [0.5, 0.6) is 11.5 Å². The predicted octanol–water partition coefficient (Wildman–Crippen LogP) is 18.5. The molecule has 78 heavy (non-hydrogen) atoms. The van der Waals surface area contributed by atoms with E-state index in [9.17, 15) is 0 Å². The van der Waals surface area contributed by atoms with Crippen molar-refractivity contribution in [2.45, 2.75) is 116 Å². The van der Waals surface area contributed by atoms with Crippen molar-refractivity contribution >= 4 is 66.6 Å². The summed E-state index contributed by atoms with van der Waals surface area (Å²) < 4.78 is 12.5. The molecule has 0 N–H and O–H groups in total. The van der Waals surface area contributed by atoms with Crippen LogP contribution in [0, 0.1) is 0 Å². The molecule has 0 spiro atoms. The molecule has 0 radical (unpaired) electrons. The summed E-state index contributed by atoms with van der Waals surface area (Å²) in [4.78, 5) is 10.1. The average molecular weight is 1080 g/mol. The van der Waals surface area contributed by atoms with Gasteiger partial charge in [-0.3, -0.25) is 0 Å². The number of para-hydroxylation sites is 2. The zero-order valence-corrected chi connectivity index (χ0v) is 50.3. The molecule has 6 heteroatoms. The Balaban J connectivity index is 0.999. The van der Waals surface area contributed by atoms with Crippen LogP contribution in [0.4, 0.5) is 22.7 Å². The molecular formula is C72H74GeN4O. The van der Waals surface area contributed by atoms with E-state index in [1.54, 1.807) is 0 Å². The molecule has 0 fully saturated rings. The third-order valence-electron chi connectivity index (χ3n) is 16.7. The van der Waals surface area contributed by atoms with Crippen molar-refractivity contribution in [2.75, 3.05) is 16.5 Å². The van der Waals surface area contributed by atoms with E-state index in [2.05, 4.69) is 285 Å². The van der Waals surface area contributed by atoms with Gasteiger partial charge in [0, 0.05) is 0 Å². The van der Waals surface area contributed by atoms with Crippen LogP contribution in [0.2, 0.25) is 11.5 Å². The first-order valence-corrected chi connectivity index (χ1v) is 34.2. The molecule has 10 aromatic rings. The number of ether oxygens (including phenoxy) is 1. The van der Waals surface area contributed by atoms with E-state index >= 15 is 0 Å². The van der Waals surface area contributed by atoms with Crippen molar-refractivity contribution in [1.82, 2.24) is 9.55 Å². The third kappa shape index (κ3) is 8.92. The topological polar surface area (TPSA) is 33.5 Å². The van der Waals surface area contributed by atoms with E-state index in [0.717, 1.165) is 39.9 Å². The van der Waals surface area contributed by atoms with Crippen molar-refractivity contribution in [1.29, 1.82) is 0 Å². The third-order valence-corrected chi connectivity index (χ3v) is 24.0. The van der Waals surface area contributed by atoms with Crippen LogP contribution in [0.15, 0.2) is 182 Å². The summed E-state index contributed by atoms with van der Waals surface area (Å²) in [5.41, 5.74) is 19.2. The minimum atomic E-state index is -2.71. The smallest absolute Gasteiger partial charge is 0.0132 e. The van der Waals surface area contributed by atoms with Gasteiger partial charge in [-0.2, -0.15) is 0 Å². The number of nitrogens with zero attached hydrogens (tertiary/aromatic N) is 4. The Bertz CT molecular complexity index is 3950. The first-order chi connectivity index (χ1) is 36.9. The minimum Gasteiger partial charge on any atom is -0.0561 e. The minimum absolute atomic E-state index is 0.0158. The van der Waals surface area contributed by atoms with E-state index in [0.29, 0.717) is 6.67 Å². The van der Waals surface area contributed by atoms with Crippen LogP contribution in [-0.2, 0) is 21.7 Å². The number of hydrogen-bond donors (Lipinski definition) is 0. The van der Waals surface area contributed by atoms with E-state index in [1.165, 1.54) is 86.4 Å². The SMILES string of the molecule is CC(C)(C)c1cc(-c2cc(C(C)(C)C)cc(-c3ccc(-c4ccccc4)cc3)c2N2CN(c3cccc(Oc4c[c]5c6c7[c](cccc7n(-c7cc(C(C)(C)C)ccn7)c6c4)[Ge]5([CH3])[CH3])c3)c3ccccc32)cc(C(C)(C)C)c1.